The maximum Gasteiger partial charge on any atom is 0.269 e. The molecule has 0 fully saturated rings. The van der Waals surface area contributed by atoms with E-state index in [2.05, 4.69) is 0 Å². The summed E-state index contributed by atoms with van der Waals surface area (Å²) in [5.74, 6) is -0.560. The lowest BCUT2D eigenvalue weighted by Gasteiger charge is -2.21. The fourth-order valence-electron chi connectivity index (χ4n) is 1.30. The molecule has 0 aliphatic heterocycles. The number of nitro benzene ring substituents is 1. The Labute approximate surface area is 91.8 Å². The van der Waals surface area contributed by atoms with Crippen molar-refractivity contribution in [2.24, 2.45) is 5.73 Å². The van der Waals surface area contributed by atoms with Gasteiger partial charge in [-0.1, -0.05) is 0 Å². The fourth-order valence-corrected chi connectivity index (χ4v) is 1.30. The number of nitrogens with zero attached hydrogens (tertiary/aromatic N) is 1. The topological polar surface area (TPSA) is 89.4 Å². The van der Waals surface area contributed by atoms with E-state index in [4.69, 9.17) is 10.8 Å². The molecule has 0 radical (unpaired) electrons. The number of rotatable bonds is 4. The van der Waals surface area contributed by atoms with E-state index in [1.54, 1.807) is 6.92 Å². The molecule has 0 aliphatic rings. The molecule has 1 aromatic rings. The van der Waals surface area contributed by atoms with E-state index < -0.39 is 16.3 Å². The Morgan fingerprint density at radius 1 is 1.62 bits per heavy atom. The Hall–Kier alpha value is -1.53. The van der Waals surface area contributed by atoms with Crippen molar-refractivity contribution < 1.29 is 14.4 Å². The first-order valence-corrected chi connectivity index (χ1v) is 4.68. The van der Waals surface area contributed by atoms with Crippen LogP contribution in [0, 0.1) is 15.9 Å². The molecule has 3 N–H and O–H groups in total. The molecule has 0 aromatic heterocycles. The third-order valence-electron chi connectivity index (χ3n) is 2.20. The molecule has 16 heavy (non-hydrogen) atoms. The highest BCUT2D eigenvalue weighted by molar-refractivity contribution is 5.36. The number of hydrogen-bond acceptors (Lipinski definition) is 4. The number of aliphatic hydroxyl groups excluding tert-OH is 1. The van der Waals surface area contributed by atoms with Crippen LogP contribution in [-0.2, 0) is 6.42 Å². The molecular formula is C10H13FN2O3. The van der Waals surface area contributed by atoms with Crippen LogP contribution >= 0.6 is 0 Å². The van der Waals surface area contributed by atoms with Gasteiger partial charge in [-0.25, -0.2) is 4.39 Å². The summed E-state index contributed by atoms with van der Waals surface area (Å²) in [6.07, 6.45) is 0.0387. The zero-order valence-electron chi connectivity index (χ0n) is 8.81. The van der Waals surface area contributed by atoms with Gasteiger partial charge in [-0.3, -0.25) is 10.1 Å². The summed E-state index contributed by atoms with van der Waals surface area (Å²) in [5, 5.41) is 19.4. The second-order valence-electron chi connectivity index (χ2n) is 4.02. The average molecular weight is 228 g/mol. The number of hydrogen-bond donors (Lipinski definition) is 2. The van der Waals surface area contributed by atoms with Crippen LogP contribution in [0.15, 0.2) is 18.2 Å². The summed E-state index contributed by atoms with van der Waals surface area (Å²) in [6.45, 7) is 1.22. The molecule has 0 saturated heterocycles. The molecule has 1 aromatic carbocycles. The van der Waals surface area contributed by atoms with Gasteiger partial charge in [0.2, 0.25) is 0 Å². The first-order chi connectivity index (χ1) is 7.35. The summed E-state index contributed by atoms with van der Waals surface area (Å²) in [7, 11) is 0. The summed E-state index contributed by atoms with van der Waals surface area (Å²) in [6, 6.07) is 3.25. The van der Waals surface area contributed by atoms with Gasteiger partial charge in [0.1, 0.15) is 5.82 Å². The van der Waals surface area contributed by atoms with Crippen LogP contribution in [-0.4, -0.2) is 22.2 Å². The predicted molar refractivity (Wildman–Crippen MR) is 56.4 cm³/mol. The van der Waals surface area contributed by atoms with Gasteiger partial charge in [0, 0.05) is 17.7 Å². The molecule has 6 heteroatoms. The Balaban J connectivity index is 3.03. The molecule has 1 atom stereocenters. The Kier molecular flexibility index (Phi) is 3.56. The molecule has 0 bridgehead atoms. The highest BCUT2D eigenvalue weighted by Crippen LogP contribution is 2.20. The third kappa shape index (κ3) is 2.98. The minimum atomic E-state index is -0.990. The van der Waals surface area contributed by atoms with Crippen molar-refractivity contribution in [1.29, 1.82) is 0 Å². The van der Waals surface area contributed by atoms with Crippen LogP contribution < -0.4 is 5.73 Å². The smallest absolute Gasteiger partial charge is 0.269 e. The van der Waals surface area contributed by atoms with Gasteiger partial charge in [-0.2, -0.15) is 0 Å². The van der Waals surface area contributed by atoms with Gasteiger partial charge in [0.25, 0.3) is 5.69 Å². The minimum absolute atomic E-state index is 0.0387. The van der Waals surface area contributed by atoms with Crippen LogP contribution in [0.25, 0.3) is 0 Å². The Morgan fingerprint density at radius 3 is 2.75 bits per heavy atom. The maximum absolute atomic E-state index is 13.3. The molecule has 5 nitrogen and oxygen atoms in total. The molecule has 0 heterocycles. The number of aliphatic hydroxyl groups is 1. The van der Waals surface area contributed by atoms with E-state index in [1.807, 2.05) is 0 Å². The fraction of sp³-hybridized carbons (Fsp3) is 0.400. The predicted octanol–water partition coefficient (Wildman–Crippen LogP) is 0.986. The molecule has 0 saturated carbocycles. The zero-order valence-corrected chi connectivity index (χ0v) is 8.81. The van der Waals surface area contributed by atoms with Gasteiger partial charge >= 0.3 is 0 Å². The minimum Gasteiger partial charge on any atom is -0.394 e. The van der Waals surface area contributed by atoms with Crippen molar-refractivity contribution in [3.05, 3.63) is 39.7 Å². The van der Waals surface area contributed by atoms with Crippen molar-refractivity contribution in [1.82, 2.24) is 0 Å². The molecule has 88 valence electrons. The van der Waals surface area contributed by atoms with Crippen molar-refractivity contribution >= 4 is 5.69 Å². The summed E-state index contributed by atoms with van der Waals surface area (Å²) in [4.78, 5) is 9.90. The highest BCUT2D eigenvalue weighted by atomic mass is 19.1. The van der Waals surface area contributed by atoms with Gasteiger partial charge in [0.15, 0.2) is 0 Å². The molecule has 1 rings (SSSR count). The molecule has 1 unspecified atom stereocenters. The number of nitro groups is 1. The molecule has 0 spiro atoms. The summed E-state index contributed by atoms with van der Waals surface area (Å²) >= 11 is 0. The number of benzene rings is 1. The average Bonchev–Trinajstić information content (AvgIpc) is 2.21. The first-order valence-electron chi connectivity index (χ1n) is 4.68. The van der Waals surface area contributed by atoms with Crippen LogP contribution in [0.4, 0.5) is 10.1 Å². The third-order valence-corrected chi connectivity index (χ3v) is 2.20. The van der Waals surface area contributed by atoms with Crippen LogP contribution in [0.5, 0.6) is 0 Å². The van der Waals surface area contributed by atoms with Gasteiger partial charge in [0.05, 0.1) is 11.5 Å². The van der Waals surface area contributed by atoms with Crippen molar-refractivity contribution in [3.63, 3.8) is 0 Å². The molecular weight excluding hydrogens is 215 g/mol. The van der Waals surface area contributed by atoms with E-state index in [0.717, 1.165) is 18.2 Å². The van der Waals surface area contributed by atoms with Crippen LogP contribution in [0.2, 0.25) is 0 Å². The standard InChI is InChI=1S/C10H13FN2O3/c1-10(12,6-14)5-7-4-8(13(15)16)2-3-9(7)11/h2-4,14H,5-6,12H2,1H3. The van der Waals surface area contributed by atoms with Crippen LogP contribution in [0.3, 0.4) is 0 Å². The molecule has 0 amide bonds. The SMILES string of the molecule is CC(N)(CO)Cc1cc([N+](=O)[O-])ccc1F. The number of halogens is 1. The van der Waals surface area contributed by atoms with Crippen LogP contribution in [0.1, 0.15) is 12.5 Å². The van der Waals surface area contributed by atoms with Gasteiger partial charge in [-0.05, 0) is 25.0 Å². The van der Waals surface area contributed by atoms with E-state index in [0.29, 0.717) is 0 Å². The van der Waals surface area contributed by atoms with Crippen molar-refractivity contribution in [2.45, 2.75) is 18.9 Å². The van der Waals surface area contributed by atoms with E-state index >= 15 is 0 Å². The normalized spacial score (nSPS) is 14.5. The van der Waals surface area contributed by atoms with Gasteiger partial charge in [-0.15, -0.1) is 0 Å². The van der Waals surface area contributed by atoms with Crippen molar-refractivity contribution in [2.75, 3.05) is 6.61 Å². The Morgan fingerprint density at radius 2 is 2.25 bits per heavy atom. The van der Waals surface area contributed by atoms with E-state index in [-0.39, 0.29) is 24.3 Å². The second-order valence-corrected chi connectivity index (χ2v) is 4.02. The maximum atomic E-state index is 13.3. The monoisotopic (exact) mass is 228 g/mol. The van der Waals surface area contributed by atoms with Crippen molar-refractivity contribution in [3.8, 4) is 0 Å². The van der Waals surface area contributed by atoms with Gasteiger partial charge < -0.3 is 10.8 Å². The number of nitrogens with two attached hydrogens (primary N) is 1. The lowest BCUT2D eigenvalue weighted by molar-refractivity contribution is -0.385. The lowest BCUT2D eigenvalue weighted by atomic mass is 9.94. The summed E-state index contributed by atoms with van der Waals surface area (Å²) < 4.78 is 13.3. The first kappa shape index (κ1) is 12.5. The summed E-state index contributed by atoms with van der Waals surface area (Å²) in [5.41, 5.74) is 4.61. The largest absolute Gasteiger partial charge is 0.394 e. The molecule has 0 aliphatic carbocycles. The quantitative estimate of drug-likeness (QED) is 0.594. The highest BCUT2D eigenvalue weighted by Gasteiger charge is 2.21. The Bertz CT molecular complexity index is 407. The van der Waals surface area contributed by atoms with E-state index in [9.17, 15) is 14.5 Å². The lowest BCUT2D eigenvalue weighted by Crippen LogP contribution is -2.42. The zero-order chi connectivity index (χ0) is 12.3. The number of non-ortho nitro benzene ring substituents is 1. The van der Waals surface area contributed by atoms with E-state index in [1.165, 1.54) is 0 Å². The second kappa shape index (κ2) is 4.54.